The van der Waals surface area contributed by atoms with Crippen molar-refractivity contribution in [2.75, 3.05) is 37.9 Å². The Morgan fingerprint density at radius 3 is 2.12 bits per heavy atom. The second kappa shape index (κ2) is 8.17. The summed E-state index contributed by atoms with van der Waals surface area (Å²) in [5.41, 5.74) is 6.81. The first kappa shape index (κ1) is 19.0. The number of rotatable bonds is 6. The third-order valence-electron chi connectivity index (χ3n) is 4.36. The second-order valence-electron chi connectivity index (χ2n) is 7.19. The molecule has 0 aliphatic rings. The Kier molecular flexibility index (Phi) is 6.21. The van der Waals surface area contributed by atoms with Gasteiger partial charge in [0.2, 0.25) is 0 Å². The molecule has 0 bridgehead atoms. The standard InChI is InChI=1S/C21H29N3O/c1-15-11-16(2)21(17(3)12-15)22-20(25)14-24(6)13-18-7-9-19(10-8-18)23(4)5/h7-12H,13-14H2,1-6H3,(H,22,25)/p+1. The average molecular weight is 340 g/mol. The van der Waals surface area contributed by atoms with Crippen LogP contribution in [0.25, 0.3) is 0 Å². The van der Waals surface area contributed by atoms with E-state index in [4.69, 9.17) is 0 Å². The molecule has 134 valence electrons. The van der Waals surface area contributed by atoms with E-state index in [-0.39, 0.29) is 5.91 Å². The SMILES string of the molecule is Cc1cc(C)c(NC(=O)C[NH+](C)Cc2ccc(N(C)C)cc2)c(C)c1. The van der Waals surface area contributed by atoms with Gasteiger partial charge in [-0.3, -0.25) is 4.79 Å². The number of carbonyl (C=O) groups is 1. The van der Waals surface area contributed by atoms with Gasteiger partial charge >= 0.3 is 0 Å². The topological polar surface area (TPSA) is 36.8 Å². The van der Waals surface area contributed by atoms with Crippen LogP contribution in [0.15, 0.2) is 36.4 Å². The van der Waals surface area contributed by atoms with E-state index in [2.05, 4.69) is 53.5 Å². The van der Waals surface area contributed by atoms with Crippen molar-refractivity contribution in [3.05, 3.63) is 58.7 Å². The lowest BCUT2D eigenvalue weighted by Gasteiger charge is -2.17. The lowest BCUT2D eigenvalue weighted by Crippen LogP contribution is -3.08. The van der Waals surface area contributed by atoms with Crippen LogP contribution in [0.2, 0.25) is 0 Å². The van der Waals surface area contributed by atoms with Crippen LogP contribution in [0.1, 0.15) is 22.3 Å². The summed E-state index contributed by atoms with van der Waals surface area (Å²) in [4.78, 5) is 15.7. The van der Waals surface area contributed by atoms with E-state index in [0.29, 0.717) is 6.54 Å². The first-order valence-electron chi connectivity index (χ1n) is 8.71. The normalized spacial score (nSPS) is 11.9. The van der Waals surface area contributed by atoms with Crippen molar-refractivity contribution in [1.82, 2.24) is 0 Å². The molecule has 0 saturated heterocycles. The predicted octanol–water partition coefficient (Wildman–Crippen LogP) is 2.33. The fourth-order valence-corrected chi connectivity index (χ4v) is 3.16. The van der Waals surface area contributed by atoms with Gasteiger partial charge in [0.15, 0.2) is 6.54 Å². The zero-order valence-electron chi connectivity index (χ0n) is 16.2. The molecule has 2 N–H and O–H groups in total. The quantitative estimate of drug-likeness (QED) is 0.847. The van der Waals surface area contributed by atoms with Gasteiger partial charge in [-0.15, -0.1) is 0 Å². The van der Waals surface area contributed by atoms with Crippen LogP contribution in [-0.4, -0.2) is 33.6 Å². The van der Waals surface area contributed by atoms with Gasteiger partial charge in [0.05, 0.1) is 7.05 Å². The van der Waals surface area contributed by atoms with Crippen molar-refractivity contribution < 1.29 is 9.69 Å². The summed E-state index contributed by atoms with van der Waals surface area (Å²) in [5.74, 6) is 0.0532. The molecule has 2 rings (SSSR count). The average Bonchev–Trinajstić information content (AvgIpc) is 2.51. The third-order valence-corrected chi connectivity index (χ3v) is 4.36. The van der Waals surface area contributed by atoms with E-state index in [9.17, 15) is 4.79 Å². The summed E-state index contributed by atoms with van der Waals surface area (Å²) in [6.07, 6.45) is 0. The molecule has 0 radical (unpaired) electrons. The van der Waals surface area contributed by atoms with Gasteiger partial charge in [0.1, 0.15) is 6.54 Å². The fraction of sp³-hybridized carbons (Fsp3) is 0.381. The molecule has 0 aliphatic carbocycles. The molecule has 4 heteroatoms. The maximum Gasteiger partial charge on any atom is 0.279 e. The first-order chi connectivity index (χ1) is 11.8. The van der Waals surface area contributed by atoms with Crippen molar-refractivity contribution in [1.29, 1.82) is 0 Å². The summed E-state index contributed by atoms with van der Waals surface area (Å²) in [5, 5.41) is 3.08. The molecule has 1 atom stereocenters. The maximum absolute atomic E-state index is 12.4. The summed E-state index contributed by atoms with van der Waals surface area (Å²) in [7, 11) is 6.12. The number of carbonyl (C=O) groups excluding carboxylic acids is 1. The number of hydrogen-bond donors (Lipinski definition) is 2. The molecule has 4 nitrogen and oxygen atoms in total. The third kappa shape index (κ3) is 5.33. The van der Waals surface area contributed by atoms with Gasteiger partial charge < -0.3 is 15.1 Å². The Bertz CT molecular complexity index is 712. The fourth-order valence-electron chi connectivity index (χ4n) is 3.16. The molecule has 0 aromatic heterocycles. The van der Waals surface area contributed by atoms with Crippen LogP contribution in [0, 0.1) is 20.8 Å². The Morgan fingerprint density at radius 2 is 1.60 bits per heavy atom. The molecule has 1 amide bonds. The predicted molar refractivity (Wildman–Crippen MR) is 106 cm³/mol. The van der Waals surface area contributed by atoms with Gasteiger partial charge in [0.25, 0.3) is 5.91 Å². The Labute approximate surface area is 151 Å². The number of nitrogens with zero attached hydrogens (tertiary/aromatic N) is 1. The molecule has 0 saturated carbocycles. The highest BCUT2D eigenvalue weighted by Crippen LogP contribution is 2.21. The van der Waals surface area contributed by atoms with Gasteiger partial charge in [-0.2, -0.15) is 0 Å². The number of amides is 1. The van der Waals surface area contributed by atoms with Crippen LogP contribution in [0.5, 0.6) is 0 Å². The molecule has 2 aromatic rings. The van der Waals surface area contributed by atoms with Crippen molar-refractivity contribution in [3.8, 4) is 0 Å². The van der Waals surface area contributed by atoms with E-state index in [0.717, 1.165) is 28.3 Å². The van der Waals surface area contributed by atoms with Crippen LogP contribution >= 0.6 is 0 Å². The largest absolute Gasteiger partial charge is 0.378 e. The second-order valence-corrected chi connectivity index (χ2v) is 7.19. The highest BCUT2D eigenvalue weighted by Gasteiger charge is 2.13. The zero-order chi connectivity index (χ0) is 18.6. The number of aryl methyl sites for hydroxylation is 3. The van der Waals surface area contributed by atoms with Gasteiger partial charge in [-0.1, -0.05) is 29.8 Å². The number of likely N-dealkylation sites (N-methyl/N-ethyl adjacent to an activating group) is 1. The van der Waals surface area contributed by atoms with E-state index in [1.807, 2.05) is 35.0 Å². The summed E-state index contributed by atoms with van der Waals surface area (Å²) in [6, 6.07) is 12.7. The number of anilines is 2. The van der Waals surface area contributed by atoms with Crippen molar-refractivity contribution >= 4 is 17.3 Å². The summed E-state index contributed by atoms with van der Waals surface area (Å²) in [6.45, 7) is 7.43. The molecule has 1 unspecified atom stereocenters. The number of nitrogens with one attached hydrogen (secondary N) is 2. The van der Waals surface area contributed by atoms with Crippen LogP contribution in [0.3, 0.4) is 0 Å². The van der Waals surface area contributed by atoms with Gasteiger partial charge in [-0.25, -0.2) is 0 Å². The minimum atomic E-state index is 0.0532. The van der Waals surface area contributed by atoms with Crippen LogP contribution in [0.4, 0.5) is 11.4 Å². The molecule has 0 aliphatic heterocycles. The summed E-state index contributed by atoms with van der Waals surface area (Å²) >= 11 is 0. The molecule has 25 heavy (non-hydrogen) atoms. The molecule has 0 fully saturated rings. The molecule has 0 spiro atoms. The molecular formula is C21H30N3O+. The lowest BCUT2D eigenvalue weighted by atomic mass is 10.1. The van der Waals surface area contributed by atoms with Crippen molar-refractivity contribution in [3.63, 3.8) is 0 Å². The van der Waals surface area contributed by atoms with Crippen LogP contribution < -0.4 is 15.1 Å². The van der Waals surface area contributed by atoms with E-state index < -0.39 is 0 Å². The molecule has 2 aromatic carbocycles. The smallest absolute Gasteiger partial charge is 0.279 e. The Balaban J connectivity index is 1.94. The Hall–Kier alpha value is -2.33. The minimum Gasteiger partial charge on any atom is -0.378 e. The monoisotopic (exact) mass is 340 g/mol. The lowest BCUT2D eigenvalue weighted by molar-refractivity contribution is -0.885. The first-order valence-corrected chi connectivity index (χ1v) is 8.71. The van der Waals surface area contributed by atoms with Gasteiger partial charge in [0, 0.05) is 31.0 Å². The minimum absolute atomic E-state index is 0.0532. The number of hydrogen-bond acceptors (Lipinski definition) is 2. The van der Waals surface area contributed by atoms with E-state index in [1.54, 1.807) is 0 Å². The highest BCUT2D eigenvalue weighted by atomic mass is 16.2. The van der Waals surface area contributed by atoms with E-state index >= 15 is 0 Å². The highest BCUT2D eigenvalue weighted by molar-refractivity contribution is 5.93. The molecular weight excluding hydrogens is 310 g/mol. The molecule has 0 heterocycles. The Morgan fingerprint density at radius 1 is 1.04 bits per heavy atom. The number of quaternary nitrogens is 1. The van der Waals surface area contributed by atoms with Crippen molar-refractivity contribution in [2.24, 2.45) is 0 Å². The van der Waals surface area contributed by atoms with Crippen molar-refractivity contribution in [2.45, 2.75) is 27.3 Å². The summed E-state index contributed by atoms with van der Waals surface area (Å²) < 4.78 is 0. The zero-order valence-corrected chi connectivity index (χ0v) is 16.2. The van der Waals surface area contributed by atoms with Crippen LogP contribution in [-0.2, 0) is 11.3 Å². The van der Waals surface area contributed by atoms with Gasteiger partial charge in [-0.05, 0) is 44.0 Å². The maximum atomic E-state index is 12.4. The van der Waals surface area contributed by atoms with E-state index in [1.165, 1.54) is 16.8 Å². The number of benzene rings is 2.